The molecule has 3 rings (SSSR count). The Balaban J connectivity index is 1.86. The first-order valence-electron chi connectivity index (χ1n) is 8.42. The van der Waals surface area contributed by atoms with E-state index < -0.39 is 21.7 Å². The van der Waals surface area contributed by atoms with E-state index in [1.165, 1.54) is 37.4 Å². The van der Waals surface area contributed by atoms with E-state index in [1.54, 1.807) is 12.1 Å². The quantitative estimate of drug-likeness (QED) is 0.520. The molecule has 0 aliphatic carbocycles. The lowest BCUT2D eigenvalue weighted by Gasteiger charge is -2.12. The first-order chi connectivity index (χ1) is 14.2. The van der Waals surface area contributed by atoms with Crippen LogP contribution in [0.4, 0.5) is 15.8 Å². The van der Waals surface area contributed by atoms with E-state index in [1.807, 2.05) is 0 Å². The fourth-order valence-electron chi connectivity index (χ4n) is 2.52. The zero-order chi connectivity index (χ0) is 21.9. The number of ether oxygens (including phenoxy) is 1. The van der Waals surface area contributed by atoms with Crippen LogP contribution in [0, 0.1) is 5.82 Å². The van der Waals surface area contributed by atoms with Gasteiger partial charge in [-0.15, -0.1) is 0 Å². The average Bonchev–Trinajstić information content (AvgIpc) is 2.70. The standard InChI is InChI=1S/C20H15Cl2FN2O4S/c1-29-19-9-6-14(10-18(19)22)24-20(26)16-11-15(7-8-17(16)21)30(27,28)25-13-4-2-12(23)3-5-13/h2-11,25H,1H3,(H,24,26). The monoisotopic (exact) mass is 468 g/mol. The molecule has 10 heteroatoms. The van der Waals surface area contributed by atoms with Crippen LogP contribution in [0.1, 0.15) is 10.4 Å². The molecule has 156 valence electrons. The molecule has 0 aliphatic rings. The topological polar surface area (TPSA) is 84.5 Å². The van der Waals surface area contributed by atoms with Gasteiger partial charge < -0.3 is 10.1 Å². The van der Waals surface area contributed by atoms with Crippen molar-refractivity contribution in [3.8, 4) is 5.75 Å². The molecule has 3 aromatic rings. The highest BCUT2D eigenvalue weighted by Gasteiger charge is 2.19. The van der Waals surface area contributed by atoms with E-state index in [2.05, 4.69) is 10.0 Å². The normalized spacial score (nSPS) is 11.1. The zero-order valence-corrected chi connectivity index (χ0v) is 17.8. The number of amides is 1. The van der Waals surface area contributed by atoms with Gasteiger partial charge in [-0.1, -0.05) is 23.2 Å². The number of nitrogens with one attached hydrogen (secondary N) is 2. The molecule has 0 atom stereocenters. The second-order valence-electron chi connectivity index (χ2n) is 6.06. The van der Waals surface area contributed by atoms with Crippen molar-refractivity contribution >= 4 is 50.5 Å². The largest absolute Gasteiger partial charge is 0.495 e. The summed E-state index contributed by atoms with van der Waals surface area (Å²) in [4.78, 5) is 12.5. The van der Waals surface area contributed by atoms with Gasteiger partial charge in [-0.25, -0.2) is 12.8 Å². The maximum Gasteiger partial charge on any atom is 0.261 e. The van der Waals surface area contributed by atoms with E-state index in [0.29, 0.717) is 16.5 Å². The lowest BCUT2D eigenvalue weighted by atomic mass is 10.2. The van der Waals surface area contributed by atoms with Crippen LogP contribution >= 0.6 is 23.2 Å². The smallest absolute Gasteiger partial charge is 0.261 e. The molecule has 0 radical (unpaired) electrons. The summed E-state index contributed by atoms with van der Waals surface area (Å²) >= 11 is 12.1. The van der Waals surface area contributed by atoms with Crippen LogP contribution in [0.2, 0.25) is 10.0 Å². The first kappa shape index (κ1) is 21.9. The SMILES string of the molecule is COc1ccc(NC(=O)c2cc(S(=O)(=O)Nc3ccc(F)cc3)ccc2Cl)cc1Cl. The number of anilines is 2. The van der Waals surface area contributed by atoms with Gasteiger partial charge in [-0.3, -0.25) is 9.52 Å². The van der Waals surface area contributed by atoms with Gasteiger partial charge in [0, 0.05) is 11.4 Å². The third kappa shape index (κ3) is 5.02. The predicted octanol–water partition coefficient (Wildman–Crippen LogP) is 5.19. The highest BCUT2D eigenvalue weighted by Crippen LogP contribution is 2.28. The number of carbonyl (C=O) groups excluding carboxylic acids is 1. The molecule has 1 amide bonds. The van der Waals surface area contributed by atoms with Crippen molar-refractivity contribution in [1.29, 1.82) is 0 Å². The van der Waals surface area contributed by atoms with Crippen LogP contribution in [-0.2, 0) is 10.0 Å². The molecule has 3 aromatic carbocycles. The maximum absolute atomic E-state index is 13.0. The second-order valence-corrected chi connectivity index (χ2v) is 8.55. The van der Waals surface area contributed by atoms with Gasteiger partial charge in [0.05, 0.1) is 27.6 Å². The van der Waals surface area contributed by atoms with Gasteiger partial charge in [-0.2, -0.15) is 0 Å². The minimum absolute atomic E-state index is 0.0504. The van der Waals surface area contributed by atoms with Crippen molar-refractivity contribution in [3.05, 3.63) is 82.1 Å². The molecule has 6 nitrogen and oxygen atoms in total. The molecule has 2 N–H and O–H groups in total. The van der Waals surface area contributed by atoms with Crippen LogP contribution in [0.25, 0.3) is 0 Å². The van der Waals surface area contributed by atoms with Gasteiger partial charge in [0.2, 0.25) is 0 Å². The van der Waals surface area contributed by atoms with Crippen molar-refractivity contribution in [3.63, 3.8) is 0 Å². The maximum atomic E-state index is 13.0. The van der Waals surface area contributed by atoms with Gasteiger partial charge >= 0.3 is 0 Å². The third-order valence-electron chi connectivity index (χ3n) is 4.00. The van der Waals surface area contributed by atoms with E-state index in [0.717, 1.165) is 18.2 Å². The van der Waals surface area contributed by atoms with Crippen LogP contribution in [0.5, 0.6) is 5.75 Å². The number of sulfonamides is 1. The van der Waals surface area contributed by atoms with Gasteiger partial charge in [0.1, 0.15) is 11.6 Å². The number of halogens is 3. The Morgan fingerprint density at radius 3 is 2.23 bits per heavy atom. The number of carbonyl (C=O) groups is 1. The number of hydrogen-bond donors (Lipinski definition) is 2. The zero-order valence-electron chi connectivity index (χ0n) is 15.4. The summed E-state index contributed by atoms with van der Waals surface area (Å²) in [6.45, 7) is 0. The summed E-state index contributed by atoms with van der Waals surface area (Å²) < 4.78 is 45.7. The molecule has 0 bridgehead atoms. The lowest BCUT2D eigenvalue weighted by Crippen LogP contribution is -2.16. The van der Waals surface area contributed by atoms with E-state index in [-0.39, 0.29) is 21.2 Å². The van der Waals surface area contributed by atoms with Crippen LogP contribution in [-0.4, -0.2) is 21.4 Å². The molecule has 0 aliphatic heterocycles. The molecule has 0 spiro atoms. The fraction of sp³-hybridized carbons (Fsp3) is 0.0500. The van der Waals surface area contributed by atoms with E-state index in [9.17, 15) is 17.6 Å². The Morgan fingerprint density at radius 2 is 1.60 bits per heavy atom. The predicted molar refractivity (Wildman–Crippen MR) is 115 cm³/mol. The number of rotatable bonds is 6. The van der Waals surface area contributed by atoms with E-state index in [4.69, 9.17) is 27.9 Å². The lowest BCUT2D eigenvalue weighted by molar-refractivity contribution is 0.102. The molecule has 0 saturated carbocycles. The van der Waals surface area contributed by atoms with Crippen molar-refractivity contribution in [1.82, 2.24) is 0 Å². The molecule has 0 unspecified atom stereocenters. The minimum atomic E-state index is -4.04. The Morgan fingerprint density at radius 1 is 0.933 bits per heavy atom. The van der Waals surface area contributed by atoms with Gasteiger partial charge in [0.25, 0.3) is 15.9 Å². The minimum Gasteiger partial charge on any atom is -0.495 e. The summed E-state index contributed by atoms with van der Waals surface area (Å²) in [5, 5.41) is 2.96. The number of hydrogen-bond acceptors (Lipinski definition) is 4. The van der Waals surface area contributed by atoms with Crippen LogP contribution in [0.3, 0.4) is 0 Å². The number of benzene rings is 3. The second kappa shape index (κ2) is 8.91. The third-order valence-corrected chi connectivity index (χ3v) is 6.00. The fourth-order valence-corrected chi connectivity index (χ4v) is 4.07. The highest BCUT2D eigenvalue weighted by molar-refractivity contribution is 7.92. The summed E-state index contributed by atoms with van der Waals surface area (Å²) in [7, 11) is -2.57. The van der Waals surface area contributed by atoms with Crippen molar-refractivity contribution in [2.75, 3.05) is 17.1 Å². The highest BCUT2D eigenvalue weighted by atomic mass is 35.5. The van der Waals surface area contributed by atoms with Crippen molar-refractivity contribution in [2.45, 2.75) is 4.90 Å². The molecule has 30 heavy (non-hydrogen) atoms. The van der Waals surface area contributed by atoms with Gasteiger partial charge in [0.15, 0.2) is 0 Å². The Bertz CT molecular complexity index is 1200. The molecular formula is C20H15Cl2FN2O4S. The Kier molecular flexibility index (Phi) is 6.50. The Labute approximate surface area is 182 Å². The van der Waals surface area contributed by atoms with Crippen LogP contribution < -0.4 is 14.8 Å². The van der Waals surface area contributed by atoms with Crippen LogP contribution in [0.15, 0.2) is 65.6 Å². The first-order valence-corrected chi connectivity index (χ1v) is 10.7. The van der Waals surface area contributed by atoms with E-state index >= 15 is 0 Å². The average molecular weight is 469 g/mol. The number of methoxy groups -OCH3 is 1. The van der Waals surface area contributed by atoms with Gasteiger partial charge in [-0.05, 0) is 60.7 Å². The molecule has 0 fully saturated rings. The molecule has 0 aromatic heterocycles. The summed E-state index contributed by atoms with van der Waals surface area (Å²) in [6, 6.07) is 13.2. The van der Waals surface area contributed by atoms with Crippen molar-refractivity contribution in [2.24, 2.45) is 0 Å². The van der Waals surface area contributed by atoms with Crippen molar-refractivity contribution < 1.29 is 22.3 Å². The molecule has 0 heterocycles. The summed E-state index contributed by atoms with van der Waals surface area (Å²) in [5.41, 5.74) is 0.496. The molecular weight excluding hydrogens is 454 g/mol. The Hall–Kier alpha value is -2.81. The summed E-state index contributed by atoms with van der Waals surface area (Å²) in [5.74, 6) is -0.685. The molecule has 0 saturated heterocycles. The summed E-state index contributed by atoms with van der Waals surface area (Å²) in [6.07, 6.45) is 0.